The fraction of sp³-hybridized carbons (Fsp3) is 0.417. The number of nitrogens with zero attached hydrogens (tertiary/aromatic N) is 1. The van der Waals surface area contributed by atoms with Gasteiger partial charge in [0.25, 0.3) is 0 Å². The Balaban J connectivity index is 1.61. The zero-order chi connectivity index (χ0) is 21.0. The van der Waals surface area contributed by atoms with Crippen molar-refractivity contribution in [2.45, 2.75) is 39.0 Å². The molecule has 1 N–H and O–H groups in total. The Kier molecular flexibility index (Phi) is 6.26. The quantitative estimate of drug-likeness (QED) is 0.813. The SMILES string of the molecule is COc1cccc(CCNC(=O)C2CC(=O)N(c3ccccc3C(C)(C)C)C2)c1. The third-order valence-electron chi connectivity index (χ3n) is 5.35. The van der Waals surface area contributed by atoms with Crippen molar-refractivity contribution in [1.29, 1.82) is 0 Å². The number of rotatable bonds is 6. The first-order valence-corrected chi connectivity index (χ1v) is 10.1. The normalized spacial score (nSPS) is 16.8. The van der Waals surface area contributed by atoms with Gasteiger partial charge in [0.2, 0.25) is 11.8 Å². The molecule has 0 aromatic heterocycles. The third kappa shape index (κ3) is 4.97. The van der Waals surface area contributed by atoms with E-state index in [1.54, 1.807) is 12.0 Å². The maximum atomic E-state index is 12.7. The molecule has 5 nitrogen and oxygen atoms in total. The molecule has 0 saturated carbocycles. The summed E-state index contributed by atoms with van der Waals surface area (Å²) in [5.74, 6) is 0.441. The second-order valence-corrected chi connectivity index (χ2v) is 8.57. The highest BCUT2D eigenvalue weighted by molar-refractivity contribution is 6.01. The summed E-state index contributed by atoms with van der Waals surface area (Å²) in [5.41, 5.74) is 3.06. The van der Waals surface area contributed by atoms with Gasteiger partial charge < -0.3 is 15.0 Å². The van der Waals surface area contributed by atoms with Gasteiger partial charge in [0.05, 0.1) is 13.0 Å². The van der Waals surface area contributed by atoms with Crippen LogP contribution in [0.15, 0.2) is 48.5 Å². The average molecular weight is 395 g/mol. The zero-order valence-electron chi connectivity index (χ0n) is 17.7. The van der Waals surface area contributed by atoms with Crippen molar-refractivity contribution in [3.8, 4) is 5.75 Å². The molecule has 154 valence electrons. The maximum Gasteiger partial charge on any atom is 0.227 e. The van der Waals surface area contributed by atoms with Crippen molar-refractivity contribution in [1.82, 2.24) is 5.32 Å². The van der Waals surface area contributed by atoms with Gasteiger partial charge in [0.15, 0.2) is 0 Å². The van der Waals surface area contributed by atoms with Crippen LogP contribution in [-0.2, 0) is 21.4 Å². The van der Waals surface area contributed by atoms with Gasteiger partial charge in [-0.1, -0.05) is 51.1 Å². The summed E-state index contributed by atoms with van der Waals surface area (Å²) < 4.78 is 5.23. The van der Waals surface area contributed by atoms with E-state index in [4.69, 9.17) is 4.74 Å². The highest BCUT2D eigenvalue weighted by atomic mass is 16.5. The van der Waals surface area contributed by atoms with E-state index in [0.717, 1.165) is 29.0 Å². The standard InChI is InChI=1S/C24H30N2O3/c1-24(2,3)20-10-5-6-11-21(20)26-16-18(15-22(26)27)23(28)25-13-12-17-8-7-9-19(14-17)29-4/h5-11,14,18H,12-13,15-16H2,1-4H3,(H,25,28). The van der Waals surface area contributed by atoms with Crippen LogP contribution >= 0.6 is 0 Å². The first-order chi connectivity index (χ1) is 13.8. The number of anilines is 1. The van der Waals surface area contributed by atoms with E-state index in [9.17, 15) is 9.59 Å². The molecule has 1 atom stereocenters. The molecule has 2 aromatic carbocycles. The van der Waals surface area contributed by atoms with Crippen LogP contribution in [0.1, 0.15) is 38.3 Å². The van der Waals surface area contributed by atoms with Crippen LogP contribution in [-0.4, -0.2) is 32.0 Å². The fourth-order valence-corrected chi connectivity index (χ4v) is 3.76. The Morgan fingerprint density at radius 2 is 1.93 bits per heavy atom. The lowest BCUT2D eigenvalue weighted by atomic mass is 9.85. The number of carbonyl (C=O) groups excluding carboxylic acids is 2. The number of hydrogen-bond donors (Lipinski definition) is 1. The molecule has 1 aliphatic heterocycles. The van der Waals surface area contributed by atoms with Gasteiger partial charge in [0.1, 0.15) is 5.75 Å². The van der Waals surface area contributed by atoms with Gasteiger partial charge in [-0.15, -0.1) is 0 Å². The molecule has 0 aliphatic carbocycles. The molecule has 1 unspecified atom stereocenters. The summed E-state index contributed by atoms with van der Waals surface area (Å²) in [6.07, 6.45) is 0.976. The summed E-state index contributed by atoms with van der Waals surface area (Å²) in [7, 11) is 1.64. The second-order valence-electron chi connectivity index (χ2n) is 8.57. The average Bonchev–Trinajstić information content (AvgIpc) is 3.09. The molecule has 2 aromatic rings. The Labute approximate surface area is 173 Å². The number of hydrogen-bond acceptors (Lipinski definition) is 3. The van der Waals surface area contributed by atoms with Crippen molar-refractivity contribution in [2.24, 2.45) is 5.92 Å². The number of ether oxygens (including phenoxy) is 1. The van der Waals surface area contributed by atoms with E-state index in [1.807, 2.05) is 42.5 Å². The predicted octanol–water partition coefficient (Wildman–Crippen LogP) is 3.70. The van der Waals surface area contributed by atoms with E-state index >= 15 is 0 Å². The molecule has 29 heavy (non-hydrogen) atoms. The minimum atomic E-state index is -0.319. The third-order valence-corrected chi connectivity index (χ3v) is 5.35. The van der Waals surface area contributed by atoms with E-state index < -0.39 is 0 Å². The van der Waals surface area contributed by atoms with Crippen molar-refractivity contribution in [3.05, 3.63) is 59.7 Å². The van der Waals surface area contributed by atoms with Gasteiger partial charge in [-0.05, 0) is 41.2 Å². The lowest BCUT2D eigenvalue weighted by molar-refractivity contribution is -0.126. The lowest BCUT2D eigenvalue weighted by Gasteiger charge is -2.27. The number of nitrogens with one attached hydrogen (secondary N) is 1. The summed E-state index contributed by atoms with van der Waals surface area (Å²) in [6.45, 7) is 7.37. The monoisotopic (exact) mass is 394 g/mol. The van der Waals surface area contributed by atoms with Gasteiger partial charge in [-0.3, -0.25) is 9.59 Å². The van der Waals surface area contributed by atoms with Crippen molar-refractivity contribution in [2.75, 3.05) is 25.1 Å². The van der Waals surface area contributed by atoms with Crippen LogP contribution in [0.3, 0.4) is 0 Å². The van der Waals surface area contributed by atoms with Gasteiger partial charge >= 0.3 is 0 Å². The van der Waals surface area contributed by atoms with Crippen LogP contribution in [0.25, 0.3) is 0 Å². The van der Waals surface area contributed by atoms with E-state index in [2.05, 4.69) is 32.2 Å². The fourth-order valence-electron chi connectivity index (χ4n) is 3.76. The molecule has 0 radical (unpaired) electrons. The second kappa shape index (κ2) is 8.68. The van der Waals surface area contributed by atoms with Gasteiger partial charge in [-0.2, -0.15) is 0 Å². The maximum absolute atomic E-state index is 12.7. The first kappa shape index (κ1) is 20.9. The predicted molar refractivity (Wildman–Crippen MR) is 115 cm³/mol. The van der Waals surface area contributed by atoms with Gasteiger partial charge in [-0.25, -0.2) is 0 Å². The number of methoxy groups -OCH3 is 1. The molecule has 1 heterocycles. The Morgan fingerprint density at radius 1 is 1.17 bits per heavy atom. The molecular weight excluding hydrogens is 364 g/mol. The highest BCUT2D eigenvalue weighted by Crippen LogP contribution is 2.35. The van der Waals surface area contributed by atoms with E-state index in [0.29, 0.717) is 13.1 Å². The Bertz CT molecular complexity index is 886. The Hall–Kier alpha value is -2.82. The lowest BCUT2D eigenvalue weighted by Crippen LogP contribution is -2.34. The van der Waals surface area contributed by atoms with Crippen LogP contribution < -0.4 is 15.0 Å². The molecule has 0 spiro atoms. The number of amides is 2. The van der Waals surface area contributed by atoms with Crippen molar-refractivity contribution in [3.63, 3.8) is 0 Å². The summed E-state index contributed by atoms with van der Waals surface area (Å²) in [6, 6.07) is 15.8. The zero-order valence-corrected chi connectivity index (χ0v) is 17.7. The minimum Gasteiger partial charge on any atom is -0.497 e. The largest absolute Gasteiger partial charge is 0.497 e. The molecule has 5 heteroatoms. The van der Waals surface area contributed by atoms with Crippen LogP contribution in [0.4, 0.5) is 5.69 Å². The van der Waals surface area contributed by atoms with Crippen LogP contribution in [0.2, 0.25) is 0 Å². The summed E-state index contributed by atoms with van der Waals surface area (Å²) in [5, 5.41) is 2.99. The van der Waals surface area contributed by atoms with Crippen LogP contribution in [0.5, 0.6) is 5.75 Å². The van der Waals surface area contributed by atoms with E-state index in [1.165, 1.54) is 0 Å². The number of carbonyl (C=O) groups is 2. The van der Waals surface area contributed by atoms with Crippen molar-refractivity contribution >= 4 is 17.5 Å². The molecule has 1 aliphatic rings. The molecule has 3 rings (SSSR count). The highest BCUT2D eigenvalue weighted by Gasteiger charge is 2.36. The van der Waals surface area contributed by atoms with E-state index in [-0.39, 0.29) is 29.6 Å². The van der Waals surface area contributed by atoms with Crippen molar-refractivity contribution < 1.29 is 14.3 Å². The summed E-state index contributed by atoms with van der Waals surface area (Å²) in [4.78, 5) is 27.1. The summed E-state index contributed by atoms with van der Waals surface area (Å²) >= 11 is 0. The van der Waals surface area contributed by atoms with Crippen LogP contribution in [0, 0.1) is 5.92 Å². The first-order valence-electron chi connectivity index (χ1n) is 10.1. The topological polar surface area (TPSA) is 58.6 Å². The smallest absolute Gasteiger partial charge is 0.227 e. The molecule has 1 saturated heterocycles. The minimum absolute atomic E-state index is 0.00893. The van der Waals surface area contributed by atoms with Gasteiger partial charge in [0, 0.05) is 25.2 Å². The molecular formula is C24H30N2O3. The molecule has 1 fully saturated rings. The number of benzene rings is 2. The number of para-hydroxylation sites is 1. The molecule has 0 bridgehead atoms. The molecule has 2 amide bonds. The Morgan fingerprint density at radius 3 is 2.66 bits per heavy atom.